The third-order valence-electron chi connectivity index (χ3n) is 2.53. The predicted octanol–water partition coefficient (Wildman–Crippen LogP) is 1.83. The maximum Gasteiger partial charge on any atom is 0.191 e. The zero-order chi connectivity index (χ0) is 13.4. The van der Waals surface area contributed by atoms with Gasteiger partial charge in [-0.2, -0.15) is 11.8 Å². The van der Waals surface area contributed by atoms with Crippen molar-refractivity contribution in [2.75, 3.05) is 32.1 Å². The number of thiazole rings is 1. The highest BCUT2D eigenvalue weighted by Gasteiger charge is 2.03. The van der Waals surface area contributed by atoms with Gasteiger partial charge in [0.1, 0.15) is 0 Å². The lowest BCUT2D eigenvalue weighted by Crippen LogP contribution is -2.39. The average molecular weight is 286 g/mol. The standard InChI is InChI=1S/C12H22N4S2/c1-9-10(2)18-11(16-9)5-6-14-12(13-3)15-7-8-17-4/h5-8H2,1-4H3,(H2,13,14,15). The molecular formula is C12H22N4S2. The van der Waals surface area contributed by atoms with Crippen molar-refractivity contribution in [1.29, 1.82) is 0 Å². The normalized spacial score (nSPS) is 11.7. The van der Waals surface area contributed by atoms with E-state index in [1.807, 2.05) is 11.8 Å². The van der Waals surface area contributed by atoms with Gasteiger partial charge in [0.25, 0.3) is 0 Å². The van der Waals surface area contributed by atoms with Crippen molar-refractivity contribution >= 4 is 29.1 Å². The highest BCUT2D eigenvalue weighted by Crippen LogP contribution is 2.16. The first-order chi connectivity index (χ1) is 8.67. The van der Waals surface area contributed by atoms with E-state index in [0.29, 0.717) is 0 Å². The largest absolute Gasteiger partial charge is 0.356 e. The summed E-state index contributed by atoms with van der Waals surface area (Å²) in [5, 5.41) is 7.77. The number of thioether (sulfide) groups is 1. The first-order valence-electron chi connectivity index (χ1n) is 6.03. The molecule has 4 nitrogen and oxygen atoms in total. The number of guanidine groups is 1. The number of hydrogen-bond donors (Lipinski definition) is 2. The van der Waals surface area contributed by atoms with Crippen LogP contribution in [0.4, 0.5) is 0 Å². The van der Waals surface area contributed by atoms with E-state index in [9.17, 15) is 0 Å². The van der Waals surface area contributed by atoms with Gasteiger partial charge in [0.2, 0.25) is 0 Å². The maximum atomic E-state index is 4.52. The van der Waals surface area contributed by atoms with E-state index in [0.717, 1.165) is 36.9 Å². The topological polar surface area (TPSA) is 49.3 Å². The van der Waals surface area contributed by atoms with Gasteiger partial charge in [-0.15, -0.1) is 11.3 Å². The molecule has 0 atom stereocenters. The third kappa shape index (κ3) is 5.27. The Morgan fingerprint density at radius 1 is 1.33 bits per heavy atom. The average Bonchev–Trinajstić information content (AvgIpc) is 2.67. The van der Waals surface area contributed by atoms with Gasteiger partial charge in [0.05, 0.1) is 10.7 Å². The number of aromatic nitrogens is 1. The van der Waals surface area contributed by atoms with Gasteiger partial charge in [-0.1, -0.05) is 0 Å². The summed E-state index contributed by atoms with van der Waals surface area (Å²) < 4.78 is 0. The molecule has 0 radical (unpaired) electrons. The van der Waals surface area contributed by atoms with Gasteiger partial charge in [0.15, 0.2) is 5.96 Å². The van der Waals surface area contributed by atoms with Gasteiger partial charge in [-0.05, 0) is 20.1 Å². The number of aryl methyl sites for hydroxylation is 2. The fourth-order valence-corrected chi connectivity index (χ4v) is 2.67. The van der Waals surface area contributed by atoms with E-state index >= 15 is 0 Å². The number of rotatable bonds is 6. The lowest BCUT2D eigenvalue weighted by atomic mass is 10.4. The SMILES string of the molecule is CN=C(NCCSC)NCCc1nc(C)c(C)s1. The fourth-order valence-electron chi connectivity index (χ4n) is 1.43. The van der Waals surface area contributed by atoms with Crippen LogP contribution in [0.3, 0.4) is 0 Å². The van der Waals surface area contributed by atoms with Gasteiger partial charge in [-0.25, -0.2) is 4.98 Å². The summed E-state index contributed by atoms with van der Waals surface area (Å²) in [5.74, 6) is 1.96. The zero-order valence-electron chi connectivity index (χ0n) is 11.5. The second-order valence-corrected chi connectivity index (χ2v) is 6.19. The first kappa shape index (κ1) is 15.3. The van der Waals surface area contributed by atoms with Crippen LogP contribution in [0.1, 0.15) is 15.6 Å². The van der Waals surface area contributed by atoms with Crippen LogP contribution in [0.2, 0.25) is 0 Å². The Kier molecular flexibility index (Phi) is 7.12. The summed E-state index contributed by atoms with van der Waals surface area (Å²) in [5.41, 5.74) is 1.15. The molecule has 18 heavy (non-hydrogen) atoms. The summed E-state index contributed by atoms with van der Waals surface area (Å²) >= 11 is 3.61. The van der Waals surface area contributed by atoms with Crippen LogP contribution in [0.15, 0.2) is 4.99 Å². The van der Waals surface area contributed by atoms with E-state index in [-0.39, 0.29) is 0 Å². The number of aliphatic imine (C=N–C) groups is 1. The van der Waals surface area contributed by atoms with Gasteiger partial charge in [0, 0.05) is 37.2 Å². The smallest absolute Gasteiger partial charge is 0.191 e. The van der Waals surface area contributed by atoms with Crippen LogP contribution in [0.25, 0.3) is 0 Å². The molecule has 2 N–H and O–H groups in total. The molecule has 6 heteroatoms. The summed E-state index contributed by atoms with van der Waals surface area (Å²) in [6.45, 7) is 5.99. The van der Waals surface area contributed by atoms with Crippen molar-refractivity contribution in [3.63, 3.8) is 0 Å². The summed E-state index contributed by atoms with van der Waals surface area (Å²) in [6.07, 6.45) is 3.05. The number of nitrogens with one attached hydrogen (secondary N) is 2. The van der Waals surface area contributed by atoms with Gasteiger partial charge in [-0.3, -0.25) is 4.99 Å². The molecule has 0 bridgehead atoms. The van der Waals surface area contributed by atoms with Crippen LogP contribution in [0, 0.1) is 13.8 Å². The number of hydrogen-bond acceptors (Lipinski definition) is 4. The van der Waals surface area contributed by atoms with E-state index in [2.05, 4.69) is 40.7 Å². The Labute approximate surface area is 118 Å². The molecule has 0 unspecified atom stereocenters. The minimum absolute atomic E-state index is 0.866. The van der Waals surface area contributed by atoms with Gasteiger partial charge >= 0.3 is 0 Å². The quantitative estimate of drug-likeness (QED) is 0.476. The second kappa shape index (κ2) is 8.37. The van der Waals surface area contributed by atoms with Crippen LogP contribution < -0.4 is 10.6 Å². The lowest BCUT2D eigenvalue weighted by molar-refractivity contribution is 0.807. The molecule has 1 rings (SSSR count). The molecular weight excluding hydrogens is 264 g/mol. The van der Waals surface area contributed by atoms with E-state index in [1.165, 1.54) is 9.88 Å². The van der Waals surface area contributed by atoms with Crippen LogP contribution in [-0.4, -0.2) is 43.1 Å². The fraction of sp³-hybridized carbons (Fsp3) is 0.667. The van der Waals surface area contributed by atoms with Gasteiger partial charge < -0.3 is 10.6 Å². The van der Waals surface area contributed by atoms with E-state index in [1.54, 1.807) is 18.4 Å². The highest BCUT2D eigenvalue weighted by molar-refractivity contribution is 7.98. The molecule has 1 aromatic heterocycles. The lowest BCUT2D eigenvalue weighted by Gasteiger charge is -2.10. The predicted molar refractivity (Wildman–Crippen MR) is 83.0 cm³/mol. The van der Waals surface area contributed by atoms with E-state index < -0.39 is 0 Å². The molecule has 0 aliphatic rings. The van der Waals surface area contributed by atoms with E-state index in [4.69, 9.17) is 0 Å². The van der Waals surface area contributed by atoms with Crippen molar-refractivity contribution in [3.8, 4) is 0 Å². The molecule has 0 aliphatic carbocycles. The number of nitrogens with zero attached hydrogens (tertiary/aromatic N) is 2. The Morgan fingerprint density at radius 3 is 2.61 bits per heavy atom. The van der Waals surface area contributed by atoms with Crippen molar-refractivity contribution in [2.24, 2.45) is 4.99 Å². The maximum absolute atomic E-state index is 4.52. The molecule has 1 heterocycles. The third-order valence-corrected chi connectivity index (χ3v) is 4.27. The minimum atomic E-state index is 0.866. The minimum Gasteiger partial charge on any atom is -0.356 e. The molecule has 1 aromatic rings. The molecule has 0 aliphatic heterocycles. The zero-order valence-corrected chi connectivity index (χ0v) is 13.2. The van der Waals surface area contributed by atoms with Crippen molar-refractivity contribution < 1.29 is 0 Å². The summed E-state index contributed by atoms with van der Waals surface area (Å²) in [6, 6.07) is 0. The Bertz CT molecular complexity index is 368. The molecule has 0 saturated heterocycles. The Morgan fingerprint density at radius 2 is 2.06 bits per heavy atom. The monoisotopic (exact) mass is 286 g/mol. The first-order valence-corrected chi connectivity index (χ1v) is 8.24. The molecule has 0 spiro atoms. The van der Waals surface area contributed by atoms with Crippen molar-refractivity contribution in [1.82, 2.24) is 15.6 Å². The van der Waals surface area contributed by atoms with Crippen molar-refractivity contribution in [3.05, 3.63) is 15.6 Å². The molecule has 0 saturated carbocycles. The second-order valence-electron chi connectivity index (χ2n) is 3.92. The molecule has 0 fully saturated rings. The molecule has 0 aromatic carbocycles. The van der Waals surface area contributed by atoms with Crippen LogP contribution >= 0.6 is 23.1 Å². The Balaban J connectivity index is 2.27. The van der Waals surface area contributed by atoms with Crippen LogP contribution in [0.5, 0.6) is 0 Å². The summed E-state index contributed by atoms with van der Waals surface area (Å²) in [7, 11) is 1.80. The summed E-state index contributed by atoms with van der Waals surface area (Å²) in [4.78, 5) is 10.0. The molecule has 102 valence electrons. The van der Waals surface area contributed by atoms with Crippen LogP contribution in [-0.2, 0) is 6.42 Å². The Hall–Kier alpha value is -0.750. The highest BCUT2D eigenvalue weighted by atomic mass is 32.2. The van der Waals surface area contributed by atoms with Crippen molar-refractivity contribution in [2.45, 2.75) is 20.3 Å². The molecule has 0 amide bonds.